The van der Waals surface area contributed by atoms with Gasteiger partial charge in [0.25, 0.3) is 0 Å². The molecule has 0 unspecified atom stereocenters. The van der Waals surface area contributed by atoms with Crippen LogP contribution in [0.3, 0.4) is 0 Å². The summed E-state index contributed by atoms with van der Waals surface area (Å²) in [5.74, 6) is 1.73. The predicted octanol–water partition coefficient (Wildman–Crippen LogP) is 6.00. The van der Waals surface area contributed by atoms with Crippen molar-refractivity contribution in [2.75, 3.05) is 26.2 Å². The number of halogens is 2. The van der Waals surface area contributed by atoms with Crippen molar-refractivity contribution in [2.24, 2.45) is 5.92 Å². The Labute approximate surface area is 170 Å². The Morgan fingerprint density at radius 3 is 2.65 bits per heavy atom. The fraction of sp³-hybridized carbons (Fsp3) is 0.455. The van der Waals surface area contributed by atoms with E-state index >= 15 is 0 Å². The molecule has 0 aliphatic carbocycles. The second-order valence-electron chi connectivity index (χ2n) is 7.06. The Morgan fingerprint density at radius 1 is 1.15 bits per heavy atom. The minimum atomic E-state index is 0.708. The molecule has 4 heteroatoms. The SMILES string of the molecule is CCOc1cc(Br)cc(CC2CCN(CCc3ccccc3Cl)CC2)c1. The van der Waals surface area contributed by atoms with Gasteiger partial charge in [0.2, 0.25) is 0 Å². The van der Waals surface area contributed by atoms with E-state index in [4.69, 9.17) is 16.3 Å². The van der Waals surface area contributed by atoms with Crippen LogP contribution in [0, 0.1) is 5.92 Å². The van der Waals surface area contributed by atoms with Gasteiger partial charge in [0.05, 0.1) is 6.61 Å². The molecule has 0 aromatic heterocycles. The number of ether oxygens (including phenoxy) is 1. The molecule has 1 heterocycles. The van der Waals surface area contributed by atoms with Gasteiger partial charge >= 0.3 is 0 Å². The molecule has 1 saturated heterocycles. The van der Waals surface area contributed by atoms with Gasteiger partial charge < -0.3 is 9.64 Å². The van der Waals surface area contributed by atoms with Crippen molar-refractivity contribution < 1.29 is 4.74 Å². The number of benzene rings is 2. The summed E-state index contributed by atoms with van der Waals surface area (Å²) in [4.78, 5) is 2.58. The summed E-state index contributed by atoms with van der Waals surface area (Å²) in [6, 6.07) is 14.7. The molecule has 0 spiro atoms. The fourth-order valence-corrected chi connectivity index (χ4v) is 4.47. The van der Waals surface area contributed by atoms with Gasteiger partial charge in [-0.3, -0.25) is 0 Å². The van der Waals surface area contributed by atoms with E-state index in [0.29, 0.717) is 6.61 Å². The molecule has 2 aromatic rings. The molecule has 2 nitrogen and oxygen atoms in total. The third-order valence-corrected chi connectivity index (χ3v) is 5.96. The van der Waals surface area contributed by atoms with Gasteiger partial charge in [-0.2, -0.15) is 0 Å². The first-order chi connectivity index (χ1) is 12.6. The summed E-state index contributed by atoms with van der Waals surface area (Å²) < 4.78 is 6.78. The lowest BCUT2D eigenvalue weighted by molar-refractivity contribution is 0.186. The third-order valence-electron chi connectivity index (χ3n) is 5.13. The van der Waals surface area contributed by atoms with Crippen molar-refractivity contribution in [2.45, 2.75) is 32.6 Å². The summed E-state index contributed by atoms with van der Waals surface area (Å²) in [6.45, 7) is 6.20. The van der Waals surface area contributed by atoms with Crippen LogP contribution in [0.2, 0.25) is 5.02 Å². The molecule has 3 rings (SSSR count). The monoisotopic (exact) mass is 435 g/mol. The highest BCUT2D eigenvalue weighted by atomic mass is 79.9. The van der Waals surface area contributed by atoms with Crippen LogP contribution in [0.15, 0.2) is 46.9 Å². The van der Waals surface area contributed by atoms with Crippen molar-refractivity contribution >= 4 is 27.5 Å². The number of rotatable bonds is 7. The predicted molar refractivity (Wildman–Crippen MR) is 113 cm³/mol. The van der Waals surface area contributed by atoms with Crippen molar-refractivity contribution in [1.29, 1.82) is 0 Å². The molecule has 0 saturated carbocycles. The summed E-state index contributed by atoms with van der Waals surface area (Å²) >= 11 is 9.88. The van der Waals surface area contributed by atoms with E-state index in [-0.39, 0.29) is 0 Å². The Kier molecular flexibility index (Phi) is 7.42. The van der Waals surface area contributed by atoms with E-state index in [0.717, 1.165) is 40.5 Å². The molecule has 0 radical (unpaired) electrons. The van der Waals surface area contributed by atoms with Crippen LogP contribution in [0.5, 0.6) is 5.75 Å². The van der Waals surface area contributed by atoms with Gasteiger partial charge in [0, 0.05) is 16.0 Å². The quantitative estimate of drug-likeness (QED) is 0.528. The zero-order chi connectivity index (χ0) is 18.4. The maximum atomic E-state index is 6.27. The number of nitrogens with zero attached hydrogens (tertiary/aromatic N) is 1. The average molecular weight is 437 g/mol. The molecule has 140 valence electrons. The van der Waals surface area contributed by atoms with E-state index in [2.05, 4.69) is 45.1 Å². The van der Waals surface area contributed by atoms with Gasteiger partial charge in [0.1, 0.15) is 5.75 Å². The molecule has 1 aliphatic heterocycles. The molecule has 0 amide bonds. The lowest BCUT2D eigenvalue weighted by Gasteiger charge is -2.32. The minimum absolute atomic E-state index is 0.708. The average Bonchev–Trinajstić information content (AvgIpc) is 2.62. The Balaban J connectivity index is 1.47. The van der Waals surface area contributed by atoms with Crippen molar-refractivity contribution in [1.82, 2.24) is 4.90 Å². The highest BCUT2D eigenvalue weighted by Crippen LogP contribution is 2.27. The Bertz CT molecular complexity index is 713. The number of piperidine rings is 1. The van der Waals surface area contributed by atoms with Gasteiger partial charge in [-0.25, -0.2) is 0 Å². The van der Waals surface area contributed by atoms with Gasteiger partial charge in [-0.15, -0.1) is 0 Å². The van der Waals surface area contributed by atoms with Crippen LogP contribution in [-0.2, 0) is 12.8 Å². The third kappa shape index (κ3) is 5.73. The first-order valence-electron chi connectivity index (χ1n) is 9.52. The second kappa shape index (κ2) is 9.77. The summed E-state index contributed by atoms with van der Waals surface area (Å²) in [5, 5.41) is 0.891. The molecule has 2 aromatic carbocycles. The molecule has 1 aliphatic rings. The van der Waals surface area contributed by atoms with Crippen molar-refractivity contribution in [3.8, 4) is 5.75 Å². The lowest BCUT2D eigenvalue weighted by atomic mass is 9.90. The summed E-state index contributed by atoms with van der Waals surface area (Å²) in [7, 11) is 0. The second-order valence-corrected chi connectivity index (χ2v) is 8.38. The maximum Gasteiger partial charge on any atom is 0.120 e. The fourth-order valence-electron chi connectivity index (χ4n) is 3.72. The van der Waals surface area contributed by atoms with Gasteiger partial charge in [-0.1, -0.05) is 45.7 Å². The van der Waals surface area contributed by atoms with E-state index in [1.54, 1.807) is 0 Å². The van der Waals surface area contributed by atoms with Crippen molar-refractivity contribution in [3.05, 3.63) is 63.1 Å². The van der Waals surface area contributed by atoms with Crippen LogP contribution in [0.25, 0.3) is 0 Å². The van der Waals surface area contributed by atoms with E-state index in [1.807, 2.05) is 25.1 Å². The molecular weight excluding hydrogens is 410 g/mol. The first-order valence-corrected chi connectivity index (χ1v) is 10.7. The van der Waals surface area contributed by atoms with E-state index in [1.165, 1.54) is 37.1 Å². The topological polar surface area (TPSA) is 12.5 Å². The molecule has 1 fully saturated rings. The molecule has 0 atom stereocenters. The Morgan fingerprint density at radius 2 is 1.92 bits per heavy atom. The molecule has 26 heavy (non-hydrogen) atoms. The normalized spacial score (nSPS) is 16.0. The highest BCUT2D eigenvalue weighted by molar-refractivity contribution is 9.10. The highest BCUT2D eigenvalue weighted by Gasteiger charge is 2.20. The largest absolute Gasteiger partial charge is 0.494 e. The number of hydrogen-bond acceptors (Lipinski definition) is 2. The summed E-state index contributed by atoms with van der Waals surface area (Å²) in [6.07, 6.45) is 4.70. The van der Waals surface area contributed by atoms with Crippen LogP contribution in [0.1, 0.15) is 30.9 Å². The Hall–Kier alpha value is -1.03. The van der Waals surface area contributed by atoms with Gasteiger partial charge in [0.15, 0.2) is 0 Å². The molecule has 0 bridgehead atoms. The molecular formula is C22H27BrClNO. The van der Waals surface area contributed by atoms with E-state index < -0.39 is 0 Å². The van der Waals surface area contributed by atoms with Crippen LogP contribution >= 0.6 is 27.5 Å². The van der Waals surface area contributed by atoms with Crippen LogP contribution in [0.4, 0.5) is 0 Å². The van der Waals surface area contributed by atoms with Crippen molar-refractivity contribution in [3.63, 3.8) is 0 Å². The zero-order valence-electron chi connectivity index (χ0n) is 15.4. The smallest absolute Gasteiger partial charge is 0.120 e. The maximum absolute atomic E-state index is 6.27. The first kappa shape index (κ1) is 19.7. The number of likely N-dealkylation sites (tertiary alicyclic amines) is 1. The standard InChI is InChI=1S/C22H27BrClNO/c1-2-26-21-15-18(14-20(23)16-21)13-17-7-10-25(11-8-17)12-9-19-5-3-4-6-22(19)24/h3-6,14-17H,2,7-13H2,1H3. The van der Waals surface area contributed by atoms with Gasteiger partial charge in [-0.05, 0) is 87.0 Å². The minimum Gasteiger partial charge on any atom is -0.494 e. The van der Waals surface area contributed by atoms with Crippen LogP contribution in [-0.4, -0.2) is 31.1 Å². The number of hydrogen-bond donors (Lipinski definition) is 0. The lowest BCUT2D eigenvalue weighted by Crippen LogP contribution is -2.35. The zero-order valence-corrected chi connectivity index (χ0v) is 17.7. The summed E-state index contributed by atoms with van der Waals surface area (Å²) in [5.41, 5.74) is 2.63. The molecule has 0 N–H and O–H groups in total. The van der Waals surface area contributed by atoms with E-state index in [9.17, 15) is 0 Å². The van der Waals surface area contributed by atoms with Crippen LogP contribution < -0.4 is 4.74 Å².